The van der Waals surface area contributed by atoms with Gasteiger partial charge in [0.05, 0.1) is 4.92 Å². The number of aromatic nitrogens is 2. The van der Waals surface area contributed by atoms with Gasteiger partial charge < -0.3 is 5.32 Å². The molecule has 0 spiro atoms. The SMILES string of the molecule is O=C(Nc1ccc(=O)[nH]n1)c1cc(F)ccc1[N+](=O)[O-]. The first-order chi connectivity index (χ1) is 9.47. The van der Waals surface area contributed by atoms with E-state index >= 15 is 0 Å². The second kappa shape index (κ2) is 5.26. The van der Waals surface area contributed by atoms with E-state index in [0.717, 1.165) is 24.3 Å². The lowest BCUT2D eigenvalue weighted by Crippen LogP contribution is -2.17. The number of hydrogen-bond acceptors (Lipinski definition) is 5. The lowest BCUT2D eigenvalue weighted by Gasteiger charge is -2.04. The molecule has 0 bridgehead atoms. The molecule has 1 aromatic carbocycles. The van der Waals surface area contributed by atoms with Crippen LogP contribution in [0.2, 0.25) is 0 Å². The first-order valence-electron chi connectivity index (χ1n) is 5.28. The van der Waals surface area contributed by atoms with E-state index in [4.69, 9.17) is 0 Å². The smallest absolute Gasteiger partial charge is 0.282 e. The number of carbonyl (C=O) groups excluding carboxylic acids is 1. The topological polar surface area (TPSA) is 118 Å². The monoisotopic (exact) mass is 278 g/mol. The van der Waals surface area contributed by atoms with Gasteiger partial charge in [0.25, 0.3) is 17.2 Å². The largest absolute Gasteiger partial charge is 0.305 e. The number of carbonyl (C=O) groups is 1. The van der Waals surface area contributed by atoms with E-state index in [0.29, 0.717) is 0 Å². The fourth-order valence-corrected chi connectivity index (χ4v) is 1.45. The lowest BCUT2D eigenvalue weighted by atomic mass is 10.1. The number of benzene rings is 1. The van der Waals surface area contributed by atoms with Crippen molar-refractivity contribution in [2.45, 2.75) is 0 Å². The molecular weight excluding hydrogens is 271 g/mol. The van der Waals surface area contributed by atoms with Crippen molar-refractivity contribution >= 4 is 17.4 Å². The van der Waals surface area contributed by atoms with E-state index in [9.17, 15) is 24.1 Å². The molecule has 0 saturated heterocycles. The van der Waals surface area contributed by atoms with Gasteiger partial charge in [-0.25, -0.2) is 9.49 Å². The summed E-state index contributed by atoms with van der Waals surface area (Å²) in [5.74, 6) is -1.71. The van der Waals surface area contributed by atoms with Gasteiger partial charge in [0.2, 0.25) is 0 Å². The molecule has 0 aliphatic carbocycles. The third-order valence-corrected chi connectivity index (χ3v) is 2.32. The first-order valence-corrected chi connectivity index (χ1v) is 5.28. The van der Waals surface area contributed by atoms with Crippen LogP contribution in [0.1, 0.15) is 10.4 Å². The van der Waals surface area contributed by atoms with Crippen molar-refractivity contribution in [3.63, 3.8) is 0 Å². The van der Waals surface area contributed by atoms with E-state index in [2.05, 4.69) is 15.5 Å². The number of anilines is 1. The van der Waals surface area contributed by atoms with Crippen molar-refractivity contribution in [3.8, 4) is 0 Å². The normalized spacial score (nSPS) is 10.1. The number of halogens is 1. The molecule has 102 valence electrons. The molecular formula is C11H7FN4O4. The van der Waals surface area contributed by atoms with Gasteiger partial charge in [-0.2, -0.15) is 5.10 Å². The first kappa shape index (κ1) is 13.3. The van der Waals surface area contributed by atoms with E-state index in [1.54, 1.807) is 0 Å². The highest BCUT2D eigenvalue weighted by Crippen LogP contribution is 2.20. The number of amides is 1. The van der Waals surface area contributed by atoms with Crippen LogP contribution < -0.4 is 10.9 Å². The van der Waals surface area contributed by atoms with Gasteiger partial charge in [-0.3, -0.25) is 19.7 Å². The third kappa shape index (κ3) is 2.83. The summed E-state index contributed by atoms with van der Waals surface area (Å²) in [6.45, 7) is 0. The molecule has 2 N–H and O–H groups in total. The predicted octanol–water partition coefficient (Wildman–Crippen LogP) is 1.07. The minimum Gasteiger partial charge on any atom is -0.305 e. The van der Waals surface area contributed by atoms with Gasteiger partial charge in [-0.05, 0) is 18.2 Å². The zero-order chi connectivity index (χ0) is 14.7. The standard InChI is InChI=1S/C11H7FN4O4/c12-6-1-2-8(16(19)20)7(5-6)11(18)13-9-3-4-10(17)15-14-9/h1-5H,(H,15,17)(H,13,14,18). The minimum atomic E-state index is -0.907. The van der Waals surface area contributed by atoms with Crippen LogP contribution in [0.3, 0.4) is 0 Å². The van der Waals surface area contributed by atoms with E-state index in [-0.39, 0.29) is 5.82 Å². The van der Waals surface area contributed by atoms with Crippen LogP contribution in [0.5, 0.6) is 0 Å². The highest BCUT2D eigenvalue weighted by molar-refractivity contribution is 6.06. The molecule has 0 saturated carbocycles. The lowest BCUT2D eigenvalue weighted by molar-refractivity contribution is -0.385. The van der Waals surface area contributed by atoms with E-state index in [1.807, 2.05) is 0 Å². The number of nitrogens with zero attached hydrogens (tertiary/aromatic N) is 2. The second-order valence-corrected chi connectivity index (χ2v) is 3.68. The Kier molecular flexibility index (Phi) is 3.51. The molecule has 9 heteroatoms. The van der Waals surface area contributed by atoms with Gasteiger partial charge in [-0.1, -0.05) is 0 Å². The summed E-state index contributed by atoms with van der Waals surface area (Å²) >= 11 is 0. The van der Waals surface area contributed by atoms with Crippen molar-refractivity contribution in [3.05, 3.63) is 62.2 Å². The number of aromatic amines is 1. The molecule has 0 unspecified atom stereocenters. The number of rotatable bonds is 3. The Morgan fingerprint density at radius 2 is 2.10 bits per heavy atom. The summed E-state index contributed by atoms with van der Waals surface area (Å²) in [5, 5.41) is 18.6. The maximum atomic E-state index is 13.1. The van der Waals surface area contributed by atoms with Crippen molar-refractivity contribution < 1.29 is 14.1 Å². The molecule has 2 aromatic rings. The van der Waals surface area contributed by atoms with Gasteiger partial charge in [-0.15, -0.1) is 0 Å². The van der Waals surface area contributed by atoms with Gasteiger partial charge >= 0.3 is 0 Å². The van der Waals surface area contributed by atoms with Crippen LogP contribution in [-0.2, 0) is 0 Å². The quantitative estimate of drug-likeness (QED) is 0.643. The molecule has 20 heavy (non-hydrogen) atoms. The Labute approximate surface area is 110 Å². The van der Waals surface area contributed by atoms with E-state index in [1.165, 1.54) is 6.07 Å². The summed E-state index contributed by atoms with van der Waals surface area (Å²) in [5.41, 5.74) is -1.45. The van der Waals surface area contributed by atoms with Crippen LogP contribution in [0.25, 0.3) is 0 Å². The van der Waals surface area contributed by atoms with Gasteiger partial charge in [0, 0.05) is 12.1 Å². The third-order valence-electron chi connectivity index (χ3n) is 2.32. The summed E-state index contributed by atoms with van der Waals surface area (Å²) in [6.07, 6.45) is 0. The molecule has 0 radical (unpaired) electrons. The van der Waals surface area contributed by atoms with Crippen molar-refractivity contribution in [1.82, 2.24) is 10.2 Å². The highest BCUT2D eigenvalue weighted by atomic mass is 19.1. The average Bonchev–Trinajstić information content (AvgIpc) is 2.41. The van der Waals surface area contributed by atoms with E-state index < -0.39 is 33.5 Å². The Morgan fingerprint density at radius 3 is 2.70 bits per heavy atom. The van der Waals surface area contributed by atoms with Crippen molar-refractivity contribution in [2.75, 3.05) is 5.32 Å². The van der Waals surface area contributed by atoms with Gasteiger partial charge in [0.15, 0.2) is 5.82 Å². The predicted molar refractivity (Wildman–Crippen MR) is 65.9 cm³/mol. The molecule has 0 fully saturated rings. The molecule has 0 atom stereocenters. The molecule has 0 aliphatic rings. The molecule has 1 heterocycles. The molecule has 1 amide bonds. The maximum absolute atomic E-state index is 13.1. The zero-order valence-corrected chi connectivity index (χ0v) is 9.79. The average molecular weight is 278 g/mol. The summed E-state index contributed by atoms with van der Waals surface area (Å²) in [6, 6.07) is 4.85. The van der Waals surface area contributed by atoms with Crippen LogP contribution in [0, 0.1) is 15.9 Å². The summed E-state index contributed by atoms with van der Waals surface area (Å²) in [7, 11) is 0. The number of H-pyrrole nitrogens is 1. The molecule has 1 aromatic heterocycles. The van der Waals surface area contributed by atoms with Crippen LogP contribution >= 0.6 is 0 Å². The Hall–Kier alpha value is -3.10. The Morgan fingerprint density at radius 1 is 1.35 bits per heavy atom. The maximum Gasteiger partial charge on any atom is 0.282 e. The second-order valence-electron chi connectivity index (χ2n) is 3.68. The van der Waals surface area contributed by atoms with Crippen LogP contribution in [-0.4, -0.2) is 21.0 Å². The number of nitro benzene ring substituents is 1. The molecule has 8 nitrogen and oxygen atoms in total. The number of hydrogen-bond donors (Lipinski definition) is 2. The fourth-order valence-electron chi connectivity index (χ4n) is 1.45. The molecule has 0 aliphatic heterocycles. The summed E-state index contributed by atoms with van der Waals surface area (Å²) in [4.78, 5) is 32.6. The minimum absolute atomic E-state index is 0.0202. The van der Waals surface area contributed by atoms with Gasteiger partial charge in [0.1, 0.15) is 11.4 Å². The van der Waals surface area contributed by atoms with Crippen molar-refractivity contribution in [1.29, 1.82) is 0 Å². The number of nitrogens with one attached hydrogen (secondary N) is 2. The summed E-state index contributed by atoms with van der Waals surface area (Å²) < 4.78 is 13.1. The van der Waals surface area contributed by atoms with Crippen LogP contribution in [0.15, 0.2) is 35.1 Å². The Bertz CT molecular complexity index is 723. The van der Waals surface area contributed by atoms with Crippen molar-refractivity contribution in [2.24, 2.45) is 0 Å². The molecule has 2 rings (SSSR count). The fraction of sp³-hybridized carbons (Fsp3) is 0. The zero-order valence-electron chi connectivity index (χ0n) is 9.79. The van der Waals surface area contributed by atoms with Crippen LogP contribution in [0.4, 0.5) is 15.9 Å². The highest BCUT2D eigenvalue weighted by Gasteiger charge is 2.21. The Balaban J connectivity index is 2.33. The number of nitro groups is 1.